The molecule has 5 heteroatoms. The molecule has 0 radical (unpaired) electrons. The first-order valence-corrected chi connectivity index (χ1v) is 8.63. The third-order valence-electron chi connectivity index (χ3n) is 3.72. The second-order valence-electron chi connectivity index (χ2n) is 5.44. The van der Waals surface area contributed by atoms with Crippen molar-refractivity contribution in [3.63, 3.8) is 0 Å². The molecule has 0 unspecified atom stereocenters. The van der Waals surface area contributed by atoms with E-state index in [-0.39, 0.29) is 5.91 Å². The average molecular weight is 346 g/mol. The van der Waals surface area contributed by atoms with Gasteiger partial charge in [-0.25, -0.2) is 4.98 Å². The number of aromatic nitrogens is 1. The van der Waals surface area contributed by atoms with Crippen LogP contribution in [0.15, 0.2) is 76.7 Å². The smallest absolute Gasteiger partial charge is 0.250 e. The van der Waals surface area contributed by atoms with Crippen molar-refractivity contribution in [2.45, 2.75) is 0 Å². The minimum Gasteiger partial charge on any atom is -0.465 e. The molecular weight excluding hydrogens is 332 g/mol. The van der Waals surface area contributed by atoms with Gasteiger partial charge in [0.25, 0.3) is 0 Å². The van der Waals surface area contributed by atoms with Crippen molar-refractivity contribution in [1.29, 1.82) is 0 Å². The van der Waals surface area contributed by atoms with Crippen LogP contribution in [0.4, 0.5) is 5.13 Å². The fourth-order valence-corrected chi connectivity index (χ4v) is 3.23. The molecule has 0 aliphatic carbocycles. The lowest BCUT2D eigenvalue weighted by atomic mass is 10.1. The summed E-state index contributed by atoms with van der Waals surface area (Å²) in [5.41, 5.74) is 1.88. The van der Waals surface area contributed by atoms with Gasteiger partial charge in [0.1, 0.15) is 5.76 Å². The van der Waals surface area contributed by atoms with Crippen molar-refractivity contribution < 1.29 is 9.21 Å². The van der Waals surface area contributed by atoms with Crippen LogP contribution in [0, 0.1) is 0 Å². The maximum Gasteiger partial charge on any atom is 0.250 e. The highest BCUT2D eigenvalue weighted by Gasteiger charge is 2.07. The molecule has 0 saturated carbocycles. The topological polar surface area (TPSA) is 55.1 Å². The monoisotopic (exact) mass is 346 g/mol. The van der Waals surface area contributed by atoms with Crippen LogP contribution < -0.4 is 5.32 Å². The Kier molecular flexibility index (Phi) is 4.14. The Labute approximate surface area is 148 Å². The molecule has 2 aromatic heterocycles. The van der Waals surface area contributed by atoms with Gasteiger partial charge in [0.15, 0.2) is 5.13 Å². The maximum absolute atomic E-state index is 12.0. The average Bonchev–Trinajstić information content (AvgIpc) is 3.31. The fraction of sp³-hybridized carbons (Fsp3) is 0. The Balaban J connectivity index is 1.50. The molecule has 2 aromatic carbocycles. The number of anilines is 1. The van der Waals surface area contributed by atoms with Gasteiger partial charge < -0.3 is 4.42 Å². The van der Waals surface area contributed by atoms with Crippen LogP contribution in [0.3, 0.4) is 0 Å². The van der Waals surface area contributed by atoms with Gasteiger partial charge in [-0.05, 0) is 35.0 Å². The van der Waals surface area contributed by atoms with Crippen LogP contribution in [0.1, 0.15) is 5.76 Å². The number of furan rings is 1. The van der Waals surface area contributed by atoms with E-state index >= 15 is 0 Å². The lowest BCUT2D eigenvalue weighted by molar-refractivity contribution is -0.111. The zero-order valence-corrected chi connectivity index (χ0v) is 14.0. The molecule has 4 aromatic rings. The third kappa shape index (κ3) is 3.51. The minimum atomic E-state index is -0.240. The number of carbonyl (C=O) groups is 1. The van der Waals surface area contributed by atoms with E-state index in [2.05, 4.69) is 34.6 Å². The number of hydrogen-bond acceptors (Lipinski definition) is 4. The third-order valence-corrected chi connectivity index (χ3v) is 4.48. The molecule has 0 bridgehead atoms. The summed E-state index contributed by atoms with van der Waals surface area (Å²) in [5, 5.41) is 7.64. The number of thiazole rings is 1. The predicted octanol–water partition coefficient (Wildman–Crippen LogP) is 5.21. The number of nitrogens with one attached hydrogen (secondary N) is 1. The molecule has 2 heterocycles. The van der Waals surface area contributed by atoms with Gasteiger partial charge in [-0.3, -0.25) is 10.1 Å². The Morgan fingerprint density at radius 2 is 1.96 bits per heavy atom. The van der Waals surface area contributed by atoms with Crippen molar-refractivity contribution in [2.24, 2.45) is 0 Å². The molecule has 0 saturated heterocycles. The van der Waals surface area contributed by atoms with Crippen LogP contribution in [-0.4, -0.2) is 10.9 Å². The van der Waals surface area contributed by atoms with Crippen molar-refractivity contribution in [1.82, 2.24) is 4.98 Å². The van der Waals surface area contributed by atoms with Gasteiger partial charge in [0.2, 0.25) is 5.91 Å². The highest BCUT2D eigenvalue weighted by Crippen LogP contribution is 2.27. The van der Waals surface area contributed by atoms with Crippen LogP contribution in [0.2, 0.25) is 0 Å². The van der Waals surface area contributed by atoms with E-state index in [9.17, 15) is 4.79 Å². The molecule has 4 nitrogen and oxygen atoms in total. The molecule has 0 aliphatic heterocycles. The first-order chi connectivity index (χ1) is 12.3. The molecule has 122 valence electrons. The van der Waals surface area contributed by atoms with Crippen LogP contribution >= 0.6 is 11.3 Å². The van der Waals surface area contributed by atoms with Gasteiger partial charge in [0, 0.05) is 17.0 Å². The van der Waals surface area contributed by atoms with Gasteiger partial charge >= 0.3 is 0 Å². The molecule has 0 spiro atoms. The van der Waals surface area contributed by atoms with Crippen LogP contribution in [-0.2, 0) is 4.79 Å². The minimum absolute atomic E-state index is 0.240. The number of fused-ring (bicyclic) bond motifs is 1. The number of rotatable bonds is 4. The summed E-state index contributed by atoms with van der Waals surface area (Å²) < 4.78 is 5.15. The zero-order chi connectivity index (χ0) is 17.1. The van der Waals surface area contributed by atoms with E-state index < -0.39 is 0 Å². The summed E-state index contributed by atoms with van der Waals surface area (Å²) in [4.78, 5) is 16.5. The number of nitrogens with zero attached hydrogens (tertiary/aromatic N) is 1. The summed E-state index contributed by atoms with van der Waals surface area (Å²) in [6.07, 6.45) is 4.61. The van der Waals surface area contributed by atoms with Crippen LogP contribution in [0.5, 0.6) is 0 Å². The summed E-state index contributed by atoms with van der Waals surface area (Å²) >= 11 is 1.40. The molecule has 1 N–H and O–H groups in total. The second kappa shape index (κ2) is 6.75. The van der Waals surface area contributed by atoms with Gasteiger partial charge in [-0.1, -0.05) is 36.4 Å². The lowest BCUT2D eigenvalue weighted by Gasteiger charge is -2.01. The Morgan fingerprint density at radius 3 is 2.80 bits per heavy atom. The van der Waals surface area contributed by atoms with Crippen LogP contribution in [0.25, 0.3) is 28.1 Å². The number of hydrogen-bond donors (Lipinski definition) is 1. The highest BCUT2D eigenvalue weighted by molar-refractivity contribution is 7.14. The lowest BCUT2D eigenvalue weighted by Crippen LogP contribution is -2.07. The van der Waals surface area contributed by atoms with Crippen molar-refractivity contribution >= 4 is 39.2 Å². The molecule has 4 rings (SSSR count). The number of benzene rings is 2. The van der Waals surface area contributed by atoms with E-state index in [1.165, 1.54) is 28.2 Å². The predicted molar refractivity (Wildman–Crippen MR) is 101 cm³/mol. The molecular formula is C20H14N2O2S. The van der Waals surface area contributed by atoms with Gasteiger partial charge in [-0.15, -0.1) is 11.3 Å². The summed E-state index contributed by atoms with van der Waals surface area (Å²) in [6, 6.07) is 18.0. The molecule has 25 heavy (non-hydrogen) atoms. The van der Waals surface area contributed by atoms with Gasteiger partial charge in [-0.2, -0.15) is 0 Å². The van der Waals surface area contributed by atoms with E-state index in [0.717, 1.165) is 11.3 Å². The summed E-state index contributed by atoms with van der Waals surface area (Å²) in [7, 11) is 0. The van der Waals surface area contributed by atoms with Crippen molar-refractivity contribution in [3.05, 3.63) is 78.1 Å². The molecule has 0 aliphatic rings. The standard InChI is InChI=1S/C20H14N2O2S/c23-19(10-9-17-6-3-11-24-17)22-20-21-18(13-25-20)16-8-7-14-4-1-2-5-15(14)12-16/h1-13H,(H,21,22,23)/b10-9+. The maximum atomic E-state index is 12.0. The van der Waals surface area contributed by atoms with Gasteiger partial charge in [0.05, 0.1) is 12.0 Å². The molecule has 0 fully saturated rings. The van der Waals surface area contributed by atoms with Crippen molar-refractivity contribution in [2.75, 3.05) is 5.32 Å². The quantitative estimate of drug-likeness (QED) is 0.516. The normalized spacial score (nSPS) is 11.2. The summed E-state index contributed by atoms with van der Waals surface area (Å²) in [6.45, 7) is 0. The van der Waals surface area contributed by atoms with E-state index in [4.69, 9.17) is 4.42 Å². The zero-order valence-electron chi connectivity index (χ0n) is 13.2. The summed E-state index contributed by atoms with van der Waals surface area (Å²) in [5.74, 6) is 0.391. The Bertz CT molecular complexity index is 1050. The number of carbonyl (C=O) groups excluding carboxylic acids is 1. The first kappa shape index (κ1) is 15.4. The van der Waals surface area contributed by atoms with E-state index in [1.54, 1.807) is 24.5 Å². The SMILES string of the molecule is O=C(/C=C/c1ccco1)Nc1nc(-c2ccc3ccccc3c2)cs1. The first-order valence-electron chi connectivity index (χ1n) is 7.75. The number of amides is 1. The van der Waals surface area contributed by atoms with E-state index in [1.807, 2.05) is 23.6 Å². The Morgan fingerprint density at radius 1 is 1.08 bits per heavy atom. The highest BCUT2D eigenvalue weighted by atomic mass is 32.1. The largest absolute Gasteiger partial charge is 0.465 e. The van der Waals surface area contributed by atoms with E-state index in [0.29, 0.717) is 10.9 Å². The fourth-order valence-electron chi connectivity index (χ4n) is 2.50. The molecule has 1 amide bonds. The molecule has 0 atom stereocenters. The van der Waals surface area contributed by atoms with Crippen molar-refractivity contribution in [3.8, 4) is 11.3 Å². The Hall–Kier alpha value is -3.18. The second-order valence-corrected chi connectivity index (χ2v) is 6.30.